The predicted molar refractivity (Wildman–Crippen MR) is 63.8 cm³/mol. The molecule has 2 rings (SSSR count). The molecule has 1 aromatic carbocycles. The molecule has 0 fully saturated rings. The SMILES string of the molecule is COC(C)(C)c1nc2cc(Br)c(F)cc2[nH]1. The molecule has 86 valence electrons. The predicted octanol–water partition coefficient (Wildman–Crippen LogP) is 3.35. The third-order valence-electron chi connectivity index (χ3n) is 2.60. The molecule has 3 nitrogen and oxygen atoms in total. The molecule has 0 radical (unpaired) electrons. The topological polar surface area (TPSA) is 37.9 Å². The fourth-order valence-electron chi connectivity index (χ4n) is 1.39. The number of rotatable bonds is 2. The van der Waals surface area contributed by atoms with E-state index in [1.165, 1.54) is 6.07 Å². The normalized spacial score (nSPS) is 12.3. The molecule has 0 amide bonds. The van der Waals surface area contributed by atoms with Gasteiger partial charge in [0.2, 0.25) is 0 Å². The summed E-state index contributed by atoms with van der Waals surface area (Å²) in [5.41, 5.74) is 0.872. The zero-order chi connectivity index (χ0) is 11.9. The van der Waals surface area contributed by atoms with Crippen LogP contribution in [0.1, 0.15) is 19.7 Å². The first-order valence-corrected chi connectivity index (χ1v) is 5.64. The minimum atomic E-state index is -0.512. The second kappa shape index (κ2) is 3.82. The number of halogens is 2. The molecule has 0 bridgehead atoms. The van der Waals surface area contributed by atoms with E-state index >= 15 is 0 Å². The van der Waals surface area contributed by atoms with Crippen molar-refractivity contribution < 1.29 is 9.13 Å². The van der Waals surface area contributed by atoms with Gasteiger partial charge in [0.15, 0.2) is 0 Å². The number of methoxy groups -OCH3 is 1. The Balaban J connectivity index is 2.61. The lowest BCUT2D eigenvalue weighted by atomic mass is 10.1. The molecule has 0 saturated carbocycles. The zero-order valence-corrected chi connectivity index (χ0v) is 10.9. The molecular weight excluding hydrogens is 275 g/mol. The molecule has 0 aliphatic rings. The maximum Gasteiger partial charge on any atom is 0.139 e. The van der Waals surface area contributed by atoms with Gasteiger partial charge in [-0.2, -0.15) is 0 Å². The van der Waals surface area contributed by atoms with Crippen molar-refractivity contribution in [3.8, 4) is 0 Å². The number of ether oxygens (including phenoxy) is 1. The summed E-state index contributed by atoms with van der Waals surface area (Å²) < 4.78 is 19.0. The average molecular weight is 287 g/mol. The van der Waals surface area contributed by atoms with Gasteiger partial charge in [-0.1, -0.05) is 0 Å². The van der Waals surface area contributed by atoms with Crippen molar-refractivity contribution in [1.29, 1.82) is 0 Å². The van der Waals surface area contributed by atoms with E-state index in [-0.39, 0.29) is 5.82 Å². The second-order valence-corrected chi connectivity index (χ2v) is 4.94. The lowest BCUT2D eigenvalue weighted by Gasteiger charge is -2.19. The third-order valence-corrected chi connectivity index (χ3v) is 3.21. The number of hydrogen-bond donors (Lipinski definition) is 1. The summed E-state index contributed by atoms with van der Waals surface area (Å²) in [7, 11) is 1.61. The van der Waals surface area contributed by atoms with Gasteiger partial charge in [-0.05, 0) is 35.8 Å². The van der Waals surface area contributed by atoms with Gasteiger partial charge in [0.1, 0.15) is 17.2 Å². The minimum absolute atomic E-state index is 0.307. The highest BCUT2D eigenvalue weighted by Gasteiger charge is 2.23. The number of aromatic nitrogens is 2. The smallest absolute Gasteiger partial charge is 0.139 e. The Kier molecular flexibility index (Phi) is 2.75. The molecule has 1 aromatic heterocycles. The van der Waals surface area contributed by atoms with Crippen LogP contribution in [0.2, 0.25) is 0 Å². The summed E-state index contributed by atoms with van der Waals surface area (Å²) in [4.78, 5) is 7.44. The van der Waals surface area contributed by atoms with Gasteiger partial charge >= 0.3 is 0 Å². The number of fused-ring (bicyclic) bond motifs is 1. The molecule has 2 aromatic rings. The summed E-state index contributed by atoms with van der Waals surface area (Å²) >= 11 is 3.13. The van der Waals surface area contributed by atoms with Crippen LogP contribution < -0.4 is 0 Å². The zero-order valence-electron chi connectivity index (χ0n) is 9.27. The Morgan fingerprint density at radius 3 is 2.75 bits per heavy atom. The van der Waals surface area contributed by atoms with E-state index in [1.54, 1.807) is 13.2 Å². The summed E-state index contributed by atoms with van der Waals surface area (Å²) in [6, 6.07) is 3.07. The Morgan fingerprint density at radius 2 is 2.12 bits per heavy atom. The number of hydrogen-bond acceptors (Lipinski definition) is 2. The molecular formula is C11H12BrFN2O. The van der Waals surface area contributed by atoms with Gasteiger partial charge in [0.25, 0.3) is 0 Å². The maximum absolute atomic E-state index is 13.3. The van der Waals surface area contributed by atoms with E-state index in [9.17, 15) is 4.39 Å². The van der Waals surface area contributed by atoms with E-state index in [0.29, 0.717) is 21.3 Å². The summed E-state index contributed by atoms with van der Waals surface area (Å²) in [6.07, 6.45) is 0. The largest absolute Gasteiger partial charge is 0.371 e. The highest BCUT2D eigenvalue weighted by Crippen LogP contribution is 2.26. The monoisotopic (exact) mass is 286 g/mol. The van der Waals surface area contributed by atoms with Gasteiger partial charge < -0.3 is 9.72 Å². The lowest BCUT2D eigenvalue weighted by molar-refractivity contribution is 0.0124. The molecule has 16 heavy (non-hydrogen) atoms. The van der Waals surface area contributed by atoms with Gasteiger partial charge in [0, 0.05) is 13.2 Å². The van der Waals surface area contributed by atoms with Crippen molar-refractivity contribution in [3.05, 3.63) is 28.2 Å². The quantitative estimate of drug-likeness (QED) is 0.919. The van der Waals surface area contributed by atoms with Gasteiger partial charge in [-0.25, -0.2) is 9.37 Å². The Bertz CT molecular complexity index is 497. The molecule has 5 heteroatoms. The molecule has 0 atom stereocenters. The van der Waals surface area contributed by atoms with E-state index in [2.05, 4.69) is 25.9 Å². The molecule has 0 saturated heterocycles. The number of imidazole rings is 1. The van der Waals surface area contributed by atoms with Crippen LogP contribution in [0.5, 0.6) is 0 Å². The lowest BCUT2D eigenvalue weighted by Crippen LogP contribution is -2.21. The highest BCUT2D eigenvalue weighted by molar-refractivity contribution is 9.10. The Morgan fingerprint density at radius 1 is 1.44 bits per heavy atom. The van der Waals surface area contributed by atoms with Crippen LogP contribution >= 0.6 is 15.9 Å². The van der Waals surface area contributed by atoms with Crippen molar-refractivity contribution in [2.24, 2.45) is 0 Å². The van der Waals surface area contributed by atoms with Crippen molar-refractivity contribution in [2.45, 2.75) is 19.4 Å². The number of aromatic amines is 1. The average Bonchev–Trinajstić information content (AvgIpc) is 2.62. The van der Waals surface area contributed by atoms with Crippen LogP contribution in [0.3, 0.4) is 0 Å². The third kappa shape index (κ3) is 1.85. The molecule has 0 aliphatic heterocycles. The van der Waals surface area contributed by atoms with E-state index in [4.69, 9.17) is 4.74 Å². The first-order chi connectivity index (χ1) is 7.44. The number of nitrogens with zero attached hydrogens (tertiary/aromatic N) is 1. The van der Waals surface area contributed by atoms with Crippen LogP contribution in [0.4, 0.5) is 4.39 Å². The number of nitrogens with one attached hydrogen (secondary N) is 1. The number of H-pyrrole nitrogens is 1. The van der Waals surface area contributed by atoms with Gasteiger partial charge in [0.05, 0.1) is 15.5 Å². The standard InChI is InChI=1S/C11H12BrFN2O/c1-11(2,16-3)10-14-8-4-6(12)7(13)5-9(8)15-10/h4-5H,1-3H3,(H,14,15). The van der Waals surface area contributed by atoms with E-state index in [0.717, 1.165) is 0 Å². The molecule has 0 aliphatic carbocycles. The first kappa shape index (κ1) is 11.5. The molecule has 0 unspecified atom stereocenters. The van der Waals surface area contributed by atoms with Crippen LogP contribution in [0.15, 0.2) is 16.6 Å². The molecule has 0 spiro atoms. The Hall–Kier alpha value is -0.940. The first-order valence-electron chi connectivity index (χ1n) is 4.84. The van der Waals surface area contributed by atoms with Gasteiger partial charge in [-0.3, -0.25) is 0 Å². The molecule has 1 heterocycles. The van der Waals surface area contributed by atoms with Crippen molar-refractivity contribution in [1.82, 2.24) is 9.97 Å². The van der Waals surface area contributed by atoms with E-state index in [1.807, 2.05) is 13.8 Å². The van der Waals surface area contributed by atoms with Crippen molar-refractivity contribution in [2.75, 3.05) is 7.11 Å². The number of benzene rings is 1. The van der Waals surface area contributed by atoms with Gasteiger partial charge in [-0.15, -0.1) is 0 Å². The molecule has 1 N–H and O–H groups in total. The van der Waals surface area contributed by atoms with Crippen LogP contribution in [-0.4, -0.2) is 17.1 Å². The summed E-state index contributed by atoms with van der Waals surface area (Å²) in [5, 5.41) is 0. The fourth-order valence-corrected chi connectivity index (χ4v) is 1.72. The highest BCUT2D eigenvalue weighted by atomic mass is 79.9. The van der Waals surface area contributed by atoms with Crippen LogP contribution in [0.25, 0.3) is 11.0 Å². The van der Waals surface area contributed by atoms with Crippen molar-refractivity contribution in [3.63, 3.8) is 0 Å². The summed E-state index contributed by atoms with van der Waals surface area (Å²) in [5.74, 6) is 0.375. The van der Waals surface area contributed by atoms with Crippen molar-refractivity contribution >= 4 is 27.0 Å². The Labute approximate surface area is 101 Å². The summed E-state index contributed by atoms with van der Waals surface area (Å²) in [6.45, 7) is 3.80. The fraction of sp³-hybridized carbons (Fsp3) is 0.364. The van der Waals surface area contributed by atoms with Crippen LogP contribution in [0, 0.1) is 5.82 Å². The maximum atomic E-state index is 13.3. The minimum Gasteiger partial charge on any atom is -0.371 e. The van der Waals surface area contributed by atoms with E-state index < -0.39 is 5.60 Å². The van der Waals surface area contributed by atoms with Crippen LogP contribution in [-0.2, 0) is 10.3 Å². The second-order valence-electron chi connectivity index (χ2n) is 4.08.